The van der Waals surface area contributed by atoms with Crippen molar-refractivity contribution >= 4 is 22.2 Å². The summed E-state index contributed by atoms with van der Waals surface area (Å²) in [7, 11) is -0.137. The molecule has 176 valence electrons. The normalized spacial score (nSPS) is 20.4. The highest BCUT2D eigenvalue weighted by Gasteiger charge is 2.35. The molecule has 0 saturated carbocycles. The molecular formula is C22H32N4O5S. The Morgan fingerprint density at radius 2 is 2.03 bits per heavy atom. The van der Waals surface area contributed by atoms with Crippen molar-refractivity contribution in [1.82, 2.24) is 13.9 Å². The number of benzene rings is 1. The van der Waals surface area contributed by atoms with Crippen LogP contribution in [0.5, 0.6) is 0 Å². The summed E-state index contributed by atoms with van der Waals surface area (Å²) in [6, 6.07) is 7.00. The Morgan fingerprint density at radius 1 is 1.31 bits per heavy atom. The lowest BCUT2D eigenvalue weighted by Crippen LogP contribution is -2.32. The summed E-state index contributed by atoms with van der Waals surface area (Å²) >= 11 is 0. The van der Waals surface area contributed by atoms with Crippen molar-refractivity contribution in [2.45, 2.75) is 32.4 Å². The second-order valence-corrected chi connectivity index (χ2v) is 10.8. The smallest absolute Gasteiger partial charge is 0.290 e. The predicted molar refractivity (Wildman–Crippen MR) is 123 cm³/mol. The summed E-state index contributed by atoms with van der Waals surface area (Å²) in [6.45, 7) is 6.19. The number of sulfonamides is 1. The predicted octanol–water partition coefficient (Wildman–Crippen LogP) is 2.10. The number of aromatic nitrogens is 2. The number of fused-ring (bicyclic) bond motifs is 1. The van der Waals surface area contributed by atoms with Crippen LogP contribution in [-0.2, 0) is 26.0 Å². The molecule has 10 heteroatoms. The minimum Gasteiger partial charge on any atom is -0.483 e. The van der Waals surface area contributed by atoms with E-state index in [1.54, 1.807) is 20.3 Å². The van der Waals surface area contributed by atoms with Gasteiger partial charge >= 0.3 is 0 Å². The van der Waals surface area contributed by atoms with Crippen LogP contribution in [0.25, 0.3) is 11.4 Å². The lowest BCUT2D eigenvalue weighted by Gasteiger charge is -2.24. The molecule has 0 amide bonds. The van der Waals surface area contributed by atoms with Gasteiger partial charge in [-0.3, -0.25) is 4.79 Å². The number of carboxylic acid groups (broad SMARTS) is 1. The van der Waals surface area contributed by atoms with Gasteiger partial charge in [0.05, 0.1) is 25.0 Å². The zero-order valence-electron chi connectivity index (χ0n) is 19.0. The van der Waals surface area contributed by atoms with E-state index in [2.05, 4.69) is 46.5 Å². The van der Waals surface area contributed by atoms with Gasteiger partial charge in [-0.1, -0.05) is 0 Å². The zero-order chi connectivity index (χ0) is 23.5. The number of hydrogen-bond acceptors (Lipinski definition) is 6. The molecule has 1 saturated heterocycles. The molecule has 0 bridgehead atoms. The highest BCUT2D eigenvalue weighted by atomic mass is 32.2. The third-order valence-electron chi connectivity index (χ3n) is 6.06. The Balaban J connectivity index is 0.000000913. The Labute approximate surface area is 189 Å². The summed E-state index contributed by atoms with van der Waals surface area (Å²) in [4.78, 5) is 15.4. The van der Waals surface area contributed by atoms with Gasteiger partial charge in [-0.05, 0) is 44.0 Å². The fraction of sp³-hybridized carbons (Fsp3) is 0.545. The molecule has 1 aromatic carbocycles. The number of anilines is 1. The Kier molecular flexibility index (Phi) is 7.58. The van der Waals surface area contributed by atoms with E-state index >= 15 is 0 Å². The highest BCUT2D eigenvalue weighted by Crippen LogP contribution is 2.35. The monoisotopic (exact) mass is 464 g/mol. The molecule has 2 aromatic rings. The lowest BCUT2D eigenvalue weighted by molar-refractivity contribution is -0.122. The molecule has 1 aromatic heterocycles. The number of imidazole rings is 1. The van der Waals surface area contributed by atoms with Crippen molar-refractivity contribution in [2.24, 2.45) is 5.92 Å². The van der Waals surface area contributed by atoms with E-state index in [0.717, 1.165) is 24.4 Å². The summed E-state index contributed by atoms with van der Waals surface area (Å²) in [6.07, 6.45) is 4.77. The molecule has 0 radical (unpaired) electrons. The average Bonchev–Trinajstić information content (AvgIpc) is 3.46. The van der Waals surface area contributed by atoms with Crippen LogP contribution in [0, 0.1) is 5.92 Å². The molecule has 9 nitrogen and oxygen atoms in total. The maximum Gasteiger partial charge on any atom is 0.290 e. The van der Waals surface area contributed by atoms with E-state index in [-0.39, 0.29) is 24.2 Å². The van der Waals surface area contributed by atoms with Gasteiger partial charge in [0, 0.05) is 56.2 Å². The van der Waals surface area contributed by atoms with Crippen molar-refractivity contribution < 1.29 is 23.1 Å². The fourth-order valence-corrected chi connectivity index (χ4v) is 5.54. The van der Waals surface area contributed by atoms with Crippen LogP contribution < -0.4 is 4.90 Å². The molecule has 2 aliphatic rings. The molecule has 1 fully saturated rings. The van der Waals surface area contributed by atoms with Crippen molar-refractivity contribution in [3.8, 4) is 11.4 Å². The molecule has 2 aliphatic heterocycles. The van der Waals surface area contributed by atoms with E-state index in [0.29, 0.717) is 19.3 Å². The minimum absolute atomic E-state index is 0.0392. The largest absolute Gasteiger partial charge is 0.483 e. The number of rotatable bonds is 6. The SMILES string of the molecule is CC(C)N1CCc2cc(-c3nccn3[C@@H]3COC[C@@H]3CS(=O)(=O)N(C)C)ccc21.O=CO. The van der Waals surface area contributed by atoms with E-state index in [1.807, 2.05) is 6.20 Å². The standard InChI is InChI=1S/C21H30N4O3S.CH2O2/c1-15(2)24-9-7-16-11-17(5-6-19(16)24)21-22-8-10-25(21)20-13-28-12-18(20)14-29(26,27)23(3)4;2-1-3/h5-6,8,10-11,15,18,20H,7,9,12-14H2,1-4H3;1H,(H,2,3)/t18-,20-;/m1./s1. The third-order valence-corrected chi connectivity index (χ3v) is 8.03. The first-order chi connectivity index (χ1) is 15.2. The summed E-state index contributed by atoms with van der Waals surface area (Å²) in [5.74, 6) is 0.857. The third kappa shape index (κ3) is 4.97. The first-order valence-corrected chi connectivity index (χ1v) is 12.3. The number of ether oxygens (including phenoxy) is 1. The Morgan fingerprint density at radius 3 is 2.69 bits per heavy atom. The highest BCUT2D eigenvalue weighted by molar-refractivity contribution is 7.89. The lowest BCUT2D eigenvalue weighted by atomic mass is 10.0. The first kappa shape index (κ1) is 24.2. The van der Waals surface area contributed by atoms with Crippen LogP contribution in [0.15, 0.2) is 30.6 Å². The van der Waals surface area contributed by atoms with Gasteiger partial charge in [0.25, 0.3) is 6.47 Å². The van der Waals surface area contributed by atoms with Crippen LogP contribution in [0.1, 0.15) is 25.5 Å². The number of nitrogens with zero attached hydrogens (tertiary/aromatic N) is 4. The van der Waals surface area contributed by atoms with Gasteiger partial charge in [0.1, 0.15) is 5.82 Å². The van der Waals surface area contributed by atoms with Crippen molar-refractivity contribution in [2.75, 3.05) is 44.5 Å². The number of carbonyl (C=O) groups is 1. The summed E-state index contributed by atoms with van der Waals surface area (Å²) in [5, 5.41) is 6.89. The van der Waals surface area contributed by atoms with Gasteiger partial charge in [-0.25, -0.2) is 17.7 Å². The van der Waals surface area contributed by atoms with Gasteiger partial charge < -0.3 is 19.3 Å². The fourth-order valence-electron chi connectivity index (χ4n) is 4.38. The number of hydrogen-bond donors (Lipinski definition) is 1. The van der Waals surface area contributed by atoms with Gasteiger partial charge in [-0.15, -0.1) is 0 Å². The second kappa shape index (κ2) is 10.0. The molecule has 4 rings (SSSR count). The Bertz CT molecular complexity index is 1030. The molecule has 0 aliphatic carbocycles. The van der Waals surface area contributed by atoms with E-state index in [1.165, 1.54) is 15.6 Å². The molecule has 0 unspecified atom stereocenters. The second-order valence-electron chi connectivity index (χ2n) is 8.57. The molecule has 2 atom stereocenters. The van der Waals surface area contributed by atoms with E-state index in [4.69, 9.17) is 14.6 Å². The van der Waals surface area contributed by atoms with Crippen molar-refractivity contribution in [3.05, 3.63) is 36.2 Å². The van der Waals surface area contributed by atoms with Crippen LogP contribution in [0.3, 0.4) is 0 Å². The van der Waals surface area contributed by atoms with E-state index in [9.17, 15) is 8.42 Å². The Hall–Kier alpha value is -2.43. The zero-order valence-corrected chi connectivity index (χ0v) is 19.8. The first-order valence-electron chi connectivity index (χ1n) is 10.7. The van der Waals surface area contributed by atoms with E-state index < -0.39 is 10.0 Å². The average molecular weight is 465 g/mol. The topological polar surface area (TPSA) is 105 Å². The maximum atomic E-state index is 12.4. The summed E-state index contributed by atoms with van der Waals surface area (Å²) < 4.78 is 33.9. The van der Waals surface area contributed by atoms with Gasteiger partial charge in [0.2, 0.25) is 10.0 Å². The van der Waals surface area contributed by atoms with Gasteiger partial charge in [-0.2, -0.15) is 0 Å². The molecular weight excluding hydrogens is 432 g/mol. The molecule has 32 heavy (non-hydrogen) atoms. The maximum absolute atomic E-state index is 12.4. The van der Waals surface area contributed by atoms with Crippen molar-refractivity contribution in [1.29, 1.82) is 0 Å². The van der Waals surface area contributed by atoms with Crippen LogP contribution in [-0.4, -0.2) is 79.5 Å². The molecule has 3 heterocycles. The minimum atomic E-state index is -3.29. The van der Waals surface area contributed by atoms with Crippen LogP contribution in [0.4, 0.5) is 5.69 Å². The quantitative estimate of drug-likeness (QED) is 0.653. The van der Waals surface area contributed by atoms with Crippen molar-refractivity contribution in [3.63, 3.8) is 0 Å². The van der Waals surface area contributed by atoms with Crippen LogP contribution in [0.2, 0.25) is 0 Å². The molecule has 1 N–H and O–H groups in total. The van der Waals surface area contributed by atoms with Gasteiger partial charge in [0.15, 0.2) is 0 Å². The van der Waals surface area contributed by atoms with Crippen LogP contribution >= 0.6 is 0 Å². The summed E-state index contributed by atoms with van der Waals surface area (Å²) in [5.41, 5.74) is 3.72. The molecule has 0 spiro atoms.